The highest BCUT2D eigenvalue weighted by Gasteiger charge is 2.12. The van der Waals surface area contributed by atoms with E-state index in [2.05, 4.69) is 9.97 Å². The van der Waals surface area contributed by atoms with Gasteiger partial charge in [0.05, 0.1) is 0 Å². The summed E-state index contributed by atoms with van der Waals surface area (Å²) >= 11 is 5.19. The quantitative estimate of drug-likeness (QED) is 0.855. The summed E-state index contributed by atoms with van der Waals surface area (Å²) < 4.78 is 11.7. The molecule has 1 N–H and O–H groups in total. The number of hydrogen-bond acceptors (Lipinski definition) is 4. The lowest BCUT2D eigenvalue weighted by Gasteiger charge is -2.19. The number of fused-ring (bicyclic) bond motifs is 1. The van der Waals surface area contributed by atoms with Crippen molar-refractivity contribution in [2.24, 2.45) is 0 Å². The van der Waals surface area contributed by atoms with Gasteiger partial charge in [0.15, 0.2) is 11.5 Å². The molecular formula is C14H14N2O2S. The largest absolute Gasteiger partial charge is 0.486 e. The van der Waals surface area contributed by atoms with Gasteiger partial charge in [0.25, 0.3) is 0 Å². The van der Waals surface area contributed by atoms with Gasteiger partial charge in [-0.1, -0.05) is 19.1 Å². The molecule has 3 rings (SSSR count). The highest BCUT2D eigenvalue weighted by atomic mass is 32.1. The van der Waals surface area contributed by atoms with Gasteiger partial charge < -0.3 is 14.5 Å². The third-order valence-electron chi connectivity index (χ3n) is 2.98. The van der Waals surface area contributed by atoms with Crippen molar-refractivity contribution in [1.82, 2.24) is 9.97 Å². The van der Waals surface area contributed by atoms with Gasteiger partial charge in [0.1, 0.15) is 23.7 Å². The van der Waals surface area contributed by atoms with E-state index in [1.807, 2.05) is 31.2 Å². The highest BCUT2D eigenvalue weighted by molar-refractivity contribution is 7.71. The van der Waals surface area contributed by atoms with Crippen molar-refractivity contribution < 1.29 is 9.47 Å². The van der Waals surface area contributed by atoms with Crippen LogP contribution in [0.25, 0.3) is 11.3 Å². The van der Waals surface area contributed by atoms with Crippen LogP contribution in [0.1, 0.15) is 12.7 Å². The summed E-state index contributed by atoms with van der Waals surface area (Å²) in [5.74, 6) is 2.45. The van der Waals surface area contributed by atoms with Crippen LogP contribution in [0.2, 0.25) is 0 Å². The molecule has 0 atom stereocenters. The second kappa shape index (κ2) is 5.01. The Bertz CT molecular complexity index is 667. The minimum Gasteiger partial charge on any atom is -0.486 e. The Hall–Kier alpha value is -1.88. The number of aryl methyl sites for hydroxylation is 1. The summed E-state index contributed by atoms with van der Waals surface area (Å²) in [6.07, 6.45) is 0.821. The molecule has 0 amide bonds. The average molecular weight is 274 g/mol. The van der Waals surface area contributed by atoms with E-state index in [4.69, 9.17) is 21.7 Å². The zero-order chi connectivity index (χ0) is 13.2. The van der Waals surface area contributed by atoms with Crippen molar-refractivity contribution in [2.75, 3.05) is 13.2 Å². The SMILES string of the molecule is CCc1nc(=S)cc(-c2ccc3c(c2)OCCO3)[nH]1. The van der Waals surface area contributed by atoms with Gasteiger partial charge >= 0.3 is 0 Å². The normalized spacial score (nSPS) is 13.3. The van der Waals surface area contributed by atoms with Crippen LogP contribution in [0, 0.1) is 4.64 Å². The van der Waals surface area contributed by atoms with Gasteiger partial charge in [-0.05, 0) is 24.3 Å². The lowest BCUT2D eigenvalue weighted by Crippen LogP contribution is -2.15. The molecule has 1 aliphatic heterocycles. The van der Waals surface area contributed by atoms with Crippen LogP contribution < -0.4 is 9.47 Å². The maximum atomic E-state index is 5.59. The van der Waals surface area contributed by atoms with E-state index >= 15 is 0 Å². The Morgan fingerprint density at radius 3 is 2.79 bits per heavy atom. The number of aromatic nitrogens is 2. The van der Waals surface area contributed by atoms with Crippen molar-refractivity contribution >= 4 is 12.2 Å². The maximum absolute atomic E-state index is 5.59. The van der Waals surface area contributed by atoms with Crippen LogP contribution in [-0.4, -0.2) is 23.2 Å². The summed E-state index contributed by atoms with van der Waals surface area (Å²) in [6.45, 7) is 3.23. The number of rotatable bonds is 2. The third kappa shape index (κ3) is 2.46. The van der Waals surface area contributed by atoms with Gasteiger partial charge in [0.2, 0.25) is 0 Å². The first kappa shape index (κ1) is 12.2. The van der Waals surface area contributed by atoms with Crippen LogP contribution in [-0.2, 0) is 6.42 Å². The van der Waals surface area contributed by atoms with Gasteiger partial charge in [-0.3, -0.25) is 0 Å². The first-order valence-electron chi connectivity index (χ1n) is 6.26. The molecule has 0 spiro atoms. The van der Waals surface area contributed by atoms with Crippen molar-refractivity contribution in [3.63, 3.8) is 0 Å². The van der Waals surface area contributed by atoms with Crippen LogP contribution in [0.5, 0.6) is 11.5 Å². The van der Waals surface area contributed by atoms with E-state index in [1.54, 1.807) is 0 Å². The summed E-state index contributed by atoms with van der Waals surface area (Å²) in [5.41, 5.74) is 1.97. The van der Waals surface area contributed by atoms with E-state index in [0.717, 1.165) is 35.0 Å². The third-order valence-corrected chi connectivity index (χ3v) is 3.19. The number of nitrogens with zero attached hydrogens (tertiary/aromatic N) is 1. The molecule has 0 radical (unpaired) electrons. The second-order valence-electron chi connectivity index (χ2n) is 4.29. The molecule has 0 saturated carbocycles. The Morgan fingerprint density at radius 2 is 2.00 bits per heavy atom. The highest BCUT2D eigenvalue weighted by Crippen LogP contribution is 2.33. The molecule has 19 heavy (non-hydrogen) atoms. The number of hydrogen-bond donors (Lipinski definition) is 1. The maximum Gasteiger partial charge on any atom is 0.162 e. The molecule has 0 aliphatic carbocycles. The number of H-pyrrole nitrogens is 1. The molecule has 0 saturated heterocycles. The standard InChI is InChI=1S/C14H14N2O2S/c1-2-13-15-10(8-14(19)16-13)9-3-4-11-12(7-9)18-6-5-17-11/h3-4,7-8H,2,5-6H2,1H3,(H,15,16,19). The van der Waals surface area contributed by atoms with Crippen molar-refractivity contribution in [3.05, 3.63) is 34.7 Å². The Labute approximate surface area is 116 Å². The number of aromatic amines is 1. The zero-order valence-electron chi connectivity index (χ0n) is 10.6. The van der Waals surface area contributed by atoms with E-state index in [-0.39, 0.29) is 0 Å². The smallest absolute Gasteiger partial charge is 0.162 e. The molecular weight excluding hydrogens is 260 g/mol. The lowest BCUT2D eigenvalue weighted by molar-refractivity contribution is 0.171. The summed E-state index contributed by atoms with van der Waals surface area (Å²) in [6, 6.07) is 7.74. The fourth-order valence-corrected chi connectivity index (χ4v) is 2.27. The van der Waals surface area contributed by atoms with E-state index in [1.165, 1.54) is 0 Å². The molecule has 0 fully saturated rings. The number of ether oxygens (including phenoxy) is 2. The van der Waals surface area contributed by atoms with Crippen molar-refractivity contribution in [3.8, 4) is 22.8 Å². The van der Waals surface area contributed by atoms with Crippen LogP contribution in [0.3, 0.4) is 0 Å². The first-order valence-corrected chi connectivity index (χ1v) is 6.67. The fraction of sp³-hybridized carbons (Fsp3) is 0.286. The van der Waals surface area contributed by atoms with Crippen LogP contribution in [0.4, 0.5) is 0 Å². The fourth-order valence-electron chi connectivity index (χ4n) is 2.04. The van der Waals surface area contributed by atoms with E-state index in [0.29, 0.717) is 17.9 Å². The number of benzene rings is 1. The lowest BCUT2D eigenvalue weighted by atomic mass is 10.1. The molecule has 2 aromatic rings. The van der Waals surface area contributed by atoms with Gasteiger partial charge in [-0.2, -0.15) is 0 Å². The van der Waals surface area contributed by atoms with E-state index < -0.39 is 0 Å². The molecule has 1 aromatic carbocycles. The topological polar surface area (TPSA) is 47.1 Å². The minimum absolute atomic E-state index is 0.586. The molecule has 5 heteroatoms. The summed E-state index contributed by atoms with van der Waals surface area (Å²) in [5, 5.41) is 0. The van der Waals surface area contributed by atoms with E-state index in [9.17, 15) is 0 Å². The van der Waals surface area contributed by atoms with Gasteiger partial charge in [-0.25, -0.2) is 4.98 Å². The van der Waals surface area contributed by atoms with Gasteiger partial charge in [-0.15, -0.1) is 0 Å². The predicted molar refractivity (Wildman–Crippen MR) is 75.2 cm³/mol. The molecule has 98 valence electrons. The Morgan fingerprint density at radius 1 is 1.21 bits per heavy atom. The predicted octanol–water partition coefficient (Wildman–Crippen LogP) is 3.14. The van der Waals surface area contributed by atoms with Crippen LogP contribution >= 0.6 is 12.2 Å². The summed E-state index contributed by atoms with van der Waals surface area (Å²) in [4.78, 5) is 7.55. The molecule has 0 bridgehead atoms. The monoisotopic (exact) mass is 274 g/mol. The van der Waals surface area contributed by atoms with Gasteiger partial charge in [0, 0.05) is 17.7 Å². The molecule has 1 aromatic heterocycles. The molecule has 1 aliphatic rings. The first-order chi connectivity index (χ1) is 9.26. The Balaban J connectivity index is 2.06. The van der Waals surface area contributed by atoms with Crippen molar-refractivity contribution in [2.45, 2.75) is 13.3 Å². The minimum atomic E-state index is 0.586. The number of nitrogens with one attached hydrogen (secondary N) is 1. The average Bonchev–Trinajstić information content (AvgIpc) is 2.46. The Kier molecular flexibility index (Phi) is 3.21. The summed E-state index contributed by atoms with van der Waals surface area (Å²) in [7, 11) is 0. The van der Waals surface area contributed by atoms with Crippen molar-refractivity contribution in [1.29, 1.82) is 0 Å². The second-order valence-corrected chi connectivity index (χ2v) is 4.71. The van der Waals surface area contributed by atoms with Crippen LogP contribution in [0.15, 0.2) is 24.3 Å². The molecule has 4 nitrogen and oxygen atoms in total. The zero-order valence-corrected chi connectivity index (χ0v) is 11.4. The molecule has 2 heterocycles. The molecule has 0 unspecified atom stereocenters.